The van der Waals surface area contributed by atoms with Crippen molar-refractivity contribution in [3.63, 3.8) is 0 Å². The topological polar surface area (TPSA) is 133 Å². The SMILES string of the molecule is COc1ccc2cc3[n+](cc2c1OC(=O)CCCCNC(=O)c1cc(N)ccc1O)CCC1=CCC2=C(C=C13)OCO2. The number of hydrogen-bond acceptors (Lipinski definition) is 8. The van der Waals surface area contributed by atoms with Crippen molar-refractivity contribution in [2.45, 2.75) is 38.6 Å². The number of nitrogens with zero attached hydrogens (tertiary/aromatic N) is 1. The lowest BCUT2D eigenvalue weighted by Crippen LogP contribution is -2.41. The molecule has 6 rings (SSSR count). The molecule has 1 aliphatic carbocycles. The van der Waals surface area contributed by atoms with Crippen LogP contribution in [-0.4, -0.2) is 37.4 Å². The first-order valence-electron chi connectivity index (χ1n) is 13.9. The van der Waals surface area contributed by atoms with Crippen LogP contribution in [-0.2, 0) is 20.8 Å². The Hall–Kier alpha value is -4.99. The number of aryl methyl sites for hydroxylation is 1. The number of phenols is 1. The summed E-state index contributed by atoms with van der Waals surface area (Å²) in [7, 11) is 1.55. The molecule has 0 fully saturated rings. The second-order valence-electron chi connectivity index (χ2n) is 10.4. The number of benzene rings is 2. The van der Waals surface area contributed by atoms with Crippen molar-refractivity contribution in [1.29, 1.82) is 0 Å². The van der Waals surface area contributed by atoms with E-state index >= 15 is 0 Å². The van der Waals surface area contributed by atoms with Crippen molar-refractivity contribution in [2.75, 3.05) is 26.2 Å². The van der Waals surface area contributed by atoms with Gasteiger partial charge in [-0.25, -0.2) is 0 Å². The number of phenolic OH excluding ortho intramolecular Hbond substituents is 1. The van der Waals surface area contributed by atoms with Gasteiger partial charge in [-0.3, -0.25) is 9.59 Å². The third-order valence-electron chi connectivity index (χ3n) is 7.65. The standard InChI is InChI=1S/C32H31N3O7/c1-39-28-10-6-20-14-25-22-16-29-27(40-18-41-29)9-5-19(22)11-13-35(25)17-24(20)31(28)42-30(37)4-2-3-12-34-32(38)23-15-21(33)7-8-26(23)36/h5-8,10,14-17H,2-4,9,11-13,18,33H2,1H3,(H-,34,36,38)/p+1. The predicted octanol–water partition coefficient (Wildman–Crippen LogP) is 4.26. The summed E-state index contributed by atoms with van der Waals surface area (Å²) in [5.41, 5.74) is 9.63. The second kappa shape index (κ2) is 11.5. The van der Waals surface area contributed by atoms with Gasteiger partial charge in [0.1, 0.15) is 11.5 Å². The normalized spacial score (nSPS) is 15.3. The minimum Gasteiger partial charge on any atom is -0.507 e. The maximum atomic E-state index is 12.9. The number of esters is 1. The smallest absolute Gasteiger partial charge is 0.311 e. The minimum absolute atomic E-state index is 0.114. The summed E-state index contributed by atoms with van der Waals surface area (Å²) < 4.78 is 24.9. The van der Waals surface area contributed by atoms with Crippen LogP contribution < -0.4 is 25.1 Å². The summed E-state index contributed by atoms with van der Waals surface area (Å²) in [6.07, 6.45) is 9.09. The summed E-state index contributed by atoms with van der Waals surface area (Å²) in [6.45, 7) is 1.36. The van der Waals surface area contributed by atoms with Gasteiger partial charge in [-0.1, -0.05) is 6.08 Å². The molecule has 3 aliphatic rings. The van der Waals surface area contributed by atoms with Crippen molar-refractivity contribution >= 4 is 33.9 Å². The summed E-state index contributed by atoms with van der Waals surface area (Å²) in [5, 5.41) is 14.3. The molecule has 0 saturated carbocycles. The average molecular weight is 571 g/mol. The number of hydrogen-bond donors (Lipinski definition) is 3. The van der Waals surface area contributed by atoms with E-state index in [1.54, 1.807) is 13.2 Å². The number of nitrogen functional groups attached to an aromatic ring is 1. The Morgan fingerprint density at radius 1 is 1.14 bits per heavy atom. The Morgan fingerprint density at radius 3 is 2.88 bits per heavy atom. The molecule has 3 heterocycles. The summed E-state index contributed by atoms with van der Waals surface area (Å²) in [5.74, 6) is 1.54. The van der Waals surface area contributed by atoms with Crippen molar-refractivity contribution in [1.82, 2.24) is 5.32 Å². The number of anilines is 1. The van der Waals surface area contributed by atoms with Crippen LogP contribution in [0.15, 0.2) is 71.8 Å². The van der Waals surface area contributed by atoms with E-state index in [0.29, 0.717) is 43.0 Å². The van der Waals surface area contributed by atoms with Gasteiger partial charge in [0.2, 0.25) is 12.5 Å². The van der Waals surface area contributed by atoms with Crippen LogP contribution in [0.25, 0.3) is 16.3 Å². The minimum atomic E-state index is -0.424. The highest BCUT2D eigenvalue weighted by atomic mass is 16.7. The zero-order chi connectivity index (χ0) is 29.2. The van der Waals surface area contributed by atoms with Gasteiger partial charge in [-0.2, -0.15) is 4.57 Å². The van der Waals surface area contributed by atoms with E-state index in [9.17, 15) is 14.7 Å². The lowest BCUT2D eigenvalue weighted by Gasteiger charge is -2.18. The van der Waals surface area contributed by atoms with E-state index in [4.69, 9.17) is 24.7 Å². The second-order valence-corrected chi connectivity index (χ2v) is 10.4. The molecule has 0 atom stereocenters. The van der Waals surface area contributed by atoms with Crippen molar-refractivity contribution in [2.24, 2.45) is 0 Å². The number of amides is 1. The number of unbranched alkanes of at least 4 members (excludes halogenated alkanes) is 1. The van der Waals surface area contributed by atoms with Crippen molar-refractivity contribution in [3.05, 3.63) is 83.1 Å². The molecule has 10 heteroatoms. The lowest BCUT2D eigenvalue weighted by atomic mass is 9.93. The third kappa shape index (κ3) is 5.35. The fraction of sp³-hybridized carbons (Fsp3) is 0.281. The maximum Gasteiger partial charge on any atom is 0.311 e. The number of carbonyl (C=O) groups is 2. The molecule has 0 saturated heterocycles. The van der Waals surface area contributed by atoms with Gasteiger partial charge in [0.25, 0.3) is 5.91 Å². The fourth-order valence-corrected chi connectivity index (χ4v) is 5.45. The van der Waals surface area contributed by atoms with Gasteiger partial charge < -0.3 is 35.1 Å². The Balaban J connectivity index is 1.14. The largest absolute Gasteiger partial charge is 0.507 e. The molecule has 0 radical (unpaired) electrons. The number of ether oxygens (including phenoxy) is 4. The third-order valence-corrected chi connectivity index (χ3v) is 7.65. The van der Waals surface area contributed by atoms with E-state index in [2.05, 4.69) is 28.1 Å². The van der Waals surface area contributed by atoms with Crippen LogP contribution in [0.1, 0.15) is 48.2 Å². The summed E-state index contributed by atoms with van der Waals surface area (Å²) in [4.78, 5) is 25.2. The van der Waals surface area contributed by atoms with Gasteiger partial charge in [0.15, 0.2) is 30.0 Å². The van der Waals surface area contributed by atoms with E-state index in [0.717, 1.165) is 46.5 Å². The molecule has 0 spiro atoms. The van der Waals surface area contributed by atoms with Gasteiger partial charge in [0.05, 0.1) is 23.6 Å². The quantitative estimate of drug-likeness (QED) is 0.0914. The van der Waals surface area contributed by atoms with Crippen molar-refractivity contribution in [3.8, 4) is 17.2 Å². The summed E-state index contributed by atoms with van der Waals surface area (Å²) >= 11 is 0. The highest BCUT2D eigenvalue weighted by Crippen LogP contribution is 2.40. The Bertz CT molecular complexity index is 1690. The number of carbonyl (C=O) groups excluding carboxylic acids is 2. The van der Waals surface area contributed by atoms with Crippen LogP contribution in [0, 0.1) is 0 Å². The van der Waals surface area contributed by atoms with E-state index in [-0.39, 0.29) is 24.5 Å². The number of fused-ring (bicyclic) bond motifs is 4. The Kier molecular flexibility index (Phi) is 7.43. The highest BCUT2D eigenvalue weighted by molar-refractivity contribution is 5.97. The number of rotatable bonds is 8. The first kappa shape index (κ1) is 27.2. The molecule has 2 aliphatic heterocycles. The summed E-state index contributed by atoms with van der Waals surface area (Å²) in [6, 6.07) is 10.2. The molecule has 1 amide bonds. The van der Waals surface area contributed by atoms with Crippen LogP contribution >= 0.6 is 0 Å². The number of methoxy groups -OCH3 is 1. The molecule has 4 N–H and O–H groups in total. The molecule has 10 nitrogen and oxygen atoms in total. The molecule has 0 bridgehead atoms. The van der Waals surface area contributed by atoms with Gasteiger partial charge >= 0.3 is 5.97 Å². The molecule has 1 aromatic heterocycles. The first-order chi connectivity index (χ1) is 20.4. The van der Waals surface area contributed by atoms with Crippen LogP contribution in [0.4, 0.5) is 5.69 Å². The monoisotopic (exact) mass is 570 g/mol. The molecule has 216 valence electrons. The van der Waals surface area contributed by atoms with E-state index in [1.807, 2.05) is 12.3 Å². The van der Waals surface area contributed by atoms with Crippen LogP contribution in [0.5, 0.6) is 17.2 Å². The number of nitrogens with two attached hydrogens (primary N) is 1. The van der Waals surface area contributed by atoms with Crippen LogP contribution in [0.3, 0.4) is 0 Å². The van der Waals surface area contributed by atoms with E-state index in [1.165, 1.54) is 23.8 Å². The number of aromatic nitrogens is 1. The van der Waals surface area contributed by atoms with Gasteiger partial charge in [-0.05, 0) is 60.2 Å². The van der Waals surface area contributed by atoms with Crippen LogP contribution in [0.2, 0.25) is 0 Å². The van der Waals surface area contributed by atoms with E-state index < -0.39 is 11.9 Å². The van der Waals surface area contributed by atoms with Gasteiger partial charge in [0, 0.05) is 37.6 Å². The molecule has 0 unspecified atom stereocenters. The average Bonchev–Trinajstić information content (AvgIpc) is 3.35. The Morgan fingerprint density at radius 2 is 2.02 bits per heavy atom. The fourth-order valence-electron chi connectivity index (χ4n) is 5.45. The lowest BCUT2D eigenvalue weighted by molar-refractivity contribution is -0.699. The molecule has 2 aromatic carbocycles. The number of allylic oxidation sites excluding steroid dienone is 4. The predicted molar refractivity (Wildman–Crippen MR) is 154 cm³/mol. The van der Waals surface area contributed by atoms with Crippen molar-refractivity contribution < 1.29 is 38.2 Å². The maximum absolute atomic E-state index is 12.9. The number of nitrogens with one attached hydrogen (secondary N) is 1. The first-order valence-corrected chi connectivity index (χ1v) is 13.9. The molecular formula is C32H32N3O7+. The molecule has 42 heavy (non-hydrogen) atoms. The van der Waals surface area contributed by atoms with Gasteiger partial charge in [-0.15, -0.1) is 0 Å². The molecular weight excluding hydrogens is 538 g/mol. The highest BCUT2D eigenvalue weighted by Gasteiger charge is 2.31. The Labute approximate surface area is 242 Å². The molecule has 3 aromatic rings. The number of pyridine rings is 1. The zero-order valence-corrected chi connectivity index (χ0v) is 23.3. The number of aromatic hydroxyl groups is 1. The zero-order valence-electron chi connectivity index (χ0n) is 23.3.